The van der Waals surface area contributed by atoms with Gasteiger partial charge in [-0.25, -0.2) is 4.98 Å². The van der Waals surface area contributed by atoms with Crippen LogP contribution in [0.4, 0.5) is 0 Å². The van der Waals surface area contributed by atoms with Crippen LogP contribution in [0.5, 0.6) is 0 Å². The number of ketones is 1. The average Bonchev–Trinajstić information content (AvgIpc) is 2.84. The molecule has 88 valence electrons. The predicted octanol–water partition coefficient (Wildman–Crippen LogP) is 1.59. The number of aromatic nitrogens is 4. The maximum Gasteiger partial charge on any atom is 0.216 e. The lowest BCUT2D eigenvalue weighted by molar-refractivity contribution is 0.103. The third-order valence-electron chi connectivity index (χ3n) is 2.65. The number of para-hydroxylation sites is 2. The summed E-state index contributed by atoms with van der Waals surface area (Å²) in [4.78, 5) is 20.7. The maximum absolute atomic E-state index is 12.1. The van der Waals surface area contributed by atoms with Gasteiger partial charge in [0.15, 0.2) is 0 Å². The zero-order chi connectivity index (χ0) is 12.5. The van der Waals surface area contributed by atoms with Crippen LogP contribution in [-0.4, -0.2) is 25.5 Å². The number of hydrogen-bond acceptors (Lipinski definition) is 4. The predicted molar refractivity (Wildman–Crippen MR) is 66.2 cm³/mol. The number of benzene rings is 1. The van der Waals surface area contributed by atoms with Crippen molar-refractivity contribution in [3.05, 3.63) is 54.1 Å². The fourth-order valence-electron chi connectivity index (χ4n) is 1.75. The summed E-state index contributed by atoms with van der Waals surface area (Å²) in [5.74, 6) is -0.165. The summed E-state index contributed by atoms with van der Waals surface area (Å²) in [7, 11) is 1.77. The van der Waals surface area contributed by atoms with Crippen molar-refractivity contribution in [2.45, 2.75) is 0 Å². The van der Waals surface area contributed by atoms with Gasteiger partial charge in [-0.3, -0.25) is 14.5 Å². The van der Waals surface area contributed by atoms with Gasteiger partial charge in [0.2, 0.25) is 5.78 Å². The van der Waals surface area contributed by atoms with E-state index in [2.05, 4.69) is 15.1 Å². The number of aryl methyl sites for hydroxylation is 1. The lowest BCUT2D eigenvalue weighted by atomic mass is 10.2. The van der Waals surface area contributed by atoms with Crippen LogP contribution >= 0.6 is 0 Å². The smallest absolute Gasteiger partial charge is 0.216 e. The van der Waals surface area contributed by atoms with Gasteiger partial charge in [0.05, 0.1) is 29.0 Å². The number of nitrogens with zero attached hydrogens (tertiary/aromatic N) is 4. The number of fused-ring (bicyclic) bond motifs is 1. The Morgan fingerprint density at radius 2 is 1.94 bits per heavy atom. The van der Waals surface area contributed by atoms with Crippen molar-refractivity contribution < 1.29 is 4.79 Å². The lowest BCUT2D eigenvalue weighted by Gasteiger charge is -1.99. The van der Waals surface area contributed by atoms with Gasteiger partial charge in [0.1, 0.15) is 5.69 Å². The van der Waals surface area contributed by atoms with Crippen molar-refractivity contribution in [2.75, 3.05) is 0 Å². The van der Waals surface area contributed by atoms with Crippen LogP contribution in [0.1, 0.15) is 16.1 Å². The SMILES string of the molecule is Cn1cc(C(=O)c2cnc3ccccc3n2)cn1. The molecule has 0 unspecified atom stereocenters. The van der Waals surface area contributed by atoms with Crippen LogP contribution < -0.4 is 0 Å². The molecule has 0 atom stereocenters. The maximum atomic E-state index is 12.1. The Labute approximate surface area is 103 Å². The molecule has 18 heavy (non-hydrogen) atoms. The molecule has 0 spiro atoms. The van der Waals surface area contributed by atoms with Gasteiger partial charge in [0, 0.05) is 13.2 Å². The summed E-state index contributed by atoms with van der Waals surface area (Å²) >= 11 is 0. The fraction of sp³-hybridized carbons (Fsp3) is 0.0769. The van der Waals surface area contributed by atoms with Gasteiger partial charge in [-0.1, -0.05) is 12.1 Å². The molecule has 0 bridgehead atoms. The van der Waals surface area contributed by atoms with Crippen LogP contribution in [0, 0.1) is 0 Å². The van der Waals surface area contributed by atoms with Crippen LogP contribution in [0.25, 0.3) is 11.0 Å². The fourth-order valence-corrected chi connectivity index (χ4v) is 1.75. The first-order valence-corrected chi connectivity index (χ1v) is 5.49. The number of carbonyl (C=O) groups is 1. The highest BCUT2D eigenvalue weighted by molar-refractivity contribution is 6.07. The molecule has 3 aromatic rings. The Balaban J connectivity index is 2.06. The van der Waals surface area contributed by atoms with Gasteiger partial charge in [0.25, 0.3) is 0 Å². The topological polar surface area (TPSA) is 60.7 Å². The number of carbonyl (C=O) groups excluding carboxylic acids is 1. The van der Waals surface area contributed by atoms with Crippen LogP contribution in [0.2, 0.25) is 0 Å². The first kappa shape index (κ1) is 10.6. The molecule has 0 aliphatic carbocycles. The van der Waals surface area contributed by atoms with E-state index in [4.69, 9.17) is 0 Å². The quantitative estimate of drug-likeness (QED) is 0.636. The molecule has 0 saturated heterocycles. The molecule has 1 aromatic carbocycles. The highest BCUT2D eigenvalue weighted by Gasteiger charge is 2.13. The van der Waals surface area contributed by atoms with Gasteiger partial charge < -0.3 is 0 Å². The number of hydrogen-bond donors (Lipinski definition) is 0. The molecule has 3 rings (SSSR count). The molecule has 0 radical (unpaired) electrons. The van der Waals surface area contributed by atoms with E-state index in [9.17, 15) is 4.79 Å². The minimum Gasteiger partial charge on any atom is -0.287 e. The second-order valence-corrected chi connectivity index (χ2v) is 3.98. The Kier molecular flexibility index (Phi) is 2.37. The van der Waals surface area contributed by atoms with E-state index in [0.717, 1.165) is 5.52 Å². The van der Waals surface area contributed by atoms with E-state index in [-0.39, 0.29) is 5.78 Å². The van der Waals surface area contributed by atoms with Gasteiger partial charge in [-0.15, -0.1) is 0 Å². The molecule has 5 nitrogen and oxygen atoms in total. The van der Waals surface area contributed by atoms with Crippen molar-refractivity contribution in [2.24, 2.45) is 7.05 Å². The van der Waals surface area contributed by atoms with E-state index in [1.165, 1.54) is 12.4 Å². The van der Waals surface area contributed by atoms with Crippen LogP contribution in [0.15, 0.2) is 42.9 Å². The van der Waals surface area contributed by atoms with Crippen molar-refractivity contribution in [1.29, 1.82) is 0 Å². The molecular weight excluding hydrogens is 228 g/mol. The molecule has 0 aliphatic rings. The summed E-state index contributed by atoms with van der Waals surface area (Å²) in [6, 6.07) is 7.46. The first-order valence-electron chi connectivity index (χ1n) is 5.49. The van der Waals surface area contributed by atoms with E-state index in [1.54, 1.807) is 17.9 Å². The average molecular weight is 238 g/mol. The Hall–Kier alpha value is -2.56. The van der Waals surface area contributed by atoms with Crippen LogP contribution in [-0.2, 0) is 7.05 Å². The van der Waals surface area contributed by atoms with Gasteiger partial charge >= 0.3 is 0 Å². The zero-order valence-electron chi connectivity index (χ0n) is 9.74. The third-order valence-corrected chi connectivity index (χ3v) is 2.65. The molecule has 2 aromatic heterocycles. The molecule has 0 N–H and O–H groups in total. The van der Waals surface area contributed by atoms with E-state index >= 15 is 0 Å². The largest absolute Gasteiger partial charge is 0.287 e. The van der Waals surface area contributed by atoms with E-state index in [0.29, 0.717) is 16.8 Å². The summed E-state index contributed by atoms with van der Waals surface area (Å²) in [6.45, 7) is 0. The minimum atomic E-state index is -0.165. The van der Waals surface area contributed by atoms with Gasteiger partial charge in [-0.05, 0) is 12.1 Å². The molecule has 5 heteroatoms. The van der Waals surface area contributed by atoms with Crippen molar-refractivity contribution in [3.63, 3.8) is 0 Å². The van der Waals surface area contributed by atoms with E-state index in [1.807, 2.05) is 24.3 Å². The van der Waals surface area contributed by atoms with Crippen molar-refractivity contribution in [1.82, 2.24) is 19.7 Å². The monoisotopic (exact) mass is 238 g/mol. The molecule has 0 amide bonds. The first-order chi connectivity index (χ1) is 8.74. The summed E-state index contributed by atoms with van der Waals surface area (Å²) in [5.41, 5.74) is 2.34. The Bertz CT molecular complexity index is 732. The molecule has 2 heterocycles. The summed E-state index contributed by atoms with van der Waals surface area (Å²) in [5, 5.41) is 3.97. The van der Waals surface area contributed by atoms with Crippen LogP contribution in [0.3, 0.4) is 0 Å². The van der Waals surface area contributed by atoms with Gasteiger partial charge in [-0.2, -0.15) is 5.10 Å². The Morgan fingerprint density at radius 1 is 1.17 bits per heavy atom. The molecule has 0 aliphatic heterocycles. The standard InChI is InChI=1S/C13H10N4O/c1-17-8-9(6-15-17)13(18)12-7-14-10-4-2-3-5-11(10)16-12/h2-8H,1H3. The van der Waals surface area contributed by atoms with Crippen molar-refractivity contribution >= 4 is 16.8 Å². The van der Waals surface area contributed by atoms with Crippen molar-refractivity contribution in [3.8, 4) is 0 Å². The number of rotatable bonds is 2. The minimum absolute atomic E-state index is 0.165. The normalized spacial score (nSPS) is 10.7. The van der Waals surface area contributed by atoms with E-state index < -0.39 is 0 Å². The summed E-state index contributed by atoms with van der Waals surface area (Å²) < 4.78 is 1.59. The third kappa shape index (κ3) is 1.75. The zero-order valence-corrected chi connectivity index (χ0v) is 9.74. The molecular formula is C13H10N4O. The molecule has 0 saturated carbocycles. The second-order valence-electron chi connectivity index (χ2n) is 3.98. The Morgan fingerprint density at radius 3 is 2.67 bits per heavy atom. The highest BCUT2D eigenvalue weighted by atomic mass is 16.1. The summed E-state index contributed by atoms with van der Waals surface area (Å²) in [6.07, 6.45) is 4.69. The lowest BCUT2D eigenvalue weighted by Crippen LogP contribution is -2.04. The molecule has 0 fully saturated rings. The highest BCUT2D eigenvalue weighted by Crippen LogP contribution is 2.11. The second kappa shape index (κ2) is 4.03.